The summed E-state index contributed by atoms with van der Waals surface area (Å²) in [6.45, 7) is 3.43. The Kier molecular flexibility index (Phi) is 7.13. The number of carbonyl (C=O) groups excluding carboxylic acids is 2. The van der Waals surface area contributed by atoms with E-state index in [0.717, 1.165) is 64.7 Å². The van der Waals surface area contributed by atoms with E-state index >= 15 is 0 Å². The van der Waals surface area contributed by atoms with Crippen LogP contribution < -0.4 is 15.5 Å². The van der Waals surface area contributed by atoms with Crippen LogP contribution in [0.5, 0.6) is 0 Å². The van der Waals surface area contributed by atoms with Crippen molar-refractivity contribution in [1.29, 1.82) is 0 Å². The second kappa shape index (κ2) is 10.2. The molecule has 3 fully saturated rings. The molecule has 1 saturated carbocycles. The number of rotatable bonds is 4. The molecule has 2 N–H and O–H groups in total. The lowest BCUT2D eigenvalue weighted by Crippen LogP contribution is -2.54. The van der Waals surface area contributed by atoms with Gasteiger partial charge in [-0.1, -0.05) is 37.5 Å². The third-order valence-corrected chi connectivity index (χ3v) is 6.97. The van der Waals surface area contributed by atoms with E-state index in [2.05, 4.69) is 39.8 Å². The normalized spacial score (nSPS) is 23.8. The number of amides is 3. The van der Waals surface area contributed by atoms with Gasteiger partial charge in [0.1, 0.15) is 0 Å². The number of hydrogen-bond donors (Lipinski definition) is 2. The number of urea groups is 1. The van der Waals surface area contributed by atoms with E-state index in [1.807, 2.05) is 11.0 Å². The topological polar surface area (TPSA) is 64.7 Å². The number of benzene rings is 1. The predicted octanol–water partition coefficient (Wildman–Crippen LogP) is 3.53. The van der Waals surface area contributed by atoms with Gasteiger partial charge < -0.3 is 20.4 Å². The highest BCUT2D eigenvalue weighted by Gasteiger charge is 2.30. The van der Waals surface area contributed by atoms with E-state index in [0.29, 0.717) is 5.91 Å². The Labute approximate surface area is 180 Å². The van der Waals surface area contributed by atoms with Crippen molar-refractivity contribution in [2.75, 3.05) is 31.1 Å². The number of nitrogens with one attached hydrogen (secondary N) is 2. The van der Waals surface area contributed by atoms with Crippen molar-refractivity contribution in [3.63, 3.8) is 0 Å². The minimum atomic E-state index is -0.0630. The van der Waals surface area contributed by atoms with Gasteiger partial charge in [0, 0.05) is 49.9 Å². The van der Waals surface area contributed by atoms with Gasteiger partial charge in [-0.2, -0.15) is 0 Å². The van der Waals surface area contributed by atoms with Gasteiger partial charge in [0.2, 0.25) is 5.91 Å². The number of carbonyl (C=O) groups is 2. The van der Waals surface area contributed by atoms with Gasteiger partial charge in [-0.15, -0.1) is 0 Å². The largest absolute Gasteiger partial charge is 0.369 e. The van der Waals surface area contributed by atoms with Gasteiger partial charge in [-0.05, 0) is 50.7 Å². The third kappa shape index (κ3) is 5.46. The molecule has 30 heavy (non-hydrogen) atoms. The van der Waals surface area contributed by atoms with Crippen LogP contribution in [0.2, 0.25) is 0 Å². The van der Waals surface area contributed by atoms with E-state index in [1.165, 1.54) is 24.9 Å². The summed E-state index contributed by atoms with van der Waals surface area (Å²) in [7, 11) is 0. The molecule has 1 aliphatic carbocycles. The summed E-state index contributed by atoms with van der Waals surface area (Å²) >= 11 is 0. The van der Waals surface area contributed by atoms with Gasteiger partial charge >= 0.3 is 6.03 Å². The molecule has 1 aromatic carbocycles. The van der Waals surface area contributed by atoms with E-state index in [-0.39, 0.29) is 24.0 Å². The highest BCUT2D eigenvalue weighted by Crippen LogP contribution is 2.26. The molecular weight excluding hydrogens is 376 g/mol. The molecule has 2 aliphatic heterocycles. The average molecular weight is 413 g/mol. The van der Waals surface area contributed by atoms with Crippen LogP contribution in [0.25, 0.3) is 0 Å². The van der Waals surface area contributed by atoms with Crippen molar-refractivity contribution in [3.8, 4) is 0 Å². The molecule has 0 bridgehead atoms. The predicted molar refractivity (Wildman–Crippen MR) is 120 cm³/mol. The fourth-order valence-electron chi connectivity index (χ4n) is 5.23. The van der Waals surface area contributed by atoms with Gasteiger partial charge in [-0.3, -0.25) is 4.79 Å². The number of hydrogen-bond acceptors (Lipinski definition) is 3. The Morgan fingerprint density at radius 1 is 0.767 bits per heavy atom. The first-order chi connectivity index (χ1) is 14.7. The third-order valence-electron chi connectivity index (χ3n) is 6.97. The monoisotopic (exact) mass is 412 g/mol. The fraction of sp³-hybridized carbons (Fsp3) is 0.667. The van der Waals surface area contributed by atoms with E-state index in [9.17, 15) is 9.59 Å². The minimum Gasteiger partial charge on any atom is -0.369 e. The van der Waals surface area contributed by atoms with Crippen molar-refractivity contribution in [2.24, 2.45) is 5.92 Å². The lowest BCUT2D eigenvalue weighted by atomic mass is 9.87. The molecule has 2 heterocycles. The quantitative estimate of drug-likeness (QED) is 0.795. The Morgan fingerprint density at radius 3 is 2.20 bits per heavy atom. The van der Waals surface area contributed by atoms with Gasteiger partial charge in [0.25, 0.3) is 0 Å². The van der Waals surface area contributed by atoms with Gasteiger partial charge in [0.15, 0.2) is 0 Å². The van der Waals surface area contributed by atoms with E-state index < -0.39 is 0 Å². The molecule has 3 amide bonds. The zero-order chi connectivity index (χ0) is 20.8. The van der Waals surface area contributed by atoms with Crippen LogP contribution in [0.4, 0.5) is 10.5 Å². The first kappa shape index (κ1) is 21.0. The van der Waals surface area contributed by atoms with Gasteiger partial charge in [0.05, 0.1) is 0 Å². The maximum Gasteiger partial charge on any atom is 0.315 e. The smallest absolute Gasteiger partial charge is 0.315 e. The van der Waals surface area contributed by atoms with Gasteiger partial charge in [-0.25, -0.2) is 4.79 Å². The highest BCUT2D eigenvalue weighted by atomic mass is 16.2. The molecule has 0 radical (unpaired) electrons. The summed E-state index contributed by atoms with van der Waals surface area (Å²) < 4.78 is 0. The highest BCUT2D eigenvalue weighted by molar-refractivity contribution is 5.79. The van der Waals surface area contributed by atoms with Crippen LogP contribution in [0.15, 0.2) is 30.3 Å². The van der Waals surface area contributed by atoms with Crippen molar-refractivity contribution in [1.82, 2.24) is 15.5 Å². The molecule has 0 spiro atoms. The summed E-state index contributed by atoms with van der Waals surface area (Å²) in [6, 6.07) is 10.7. The zero-order valence-corrected chi connectivity index (χ0v) is 18.0. The number of para-hydroxylation sites is 1. The number of likely N-dealkylation sites (tertiary alicyclic amines) is 1. The summed E-state index contributed by atoms with van der Waals surface area (Å²) in [4.78, 5) is 29.7. The van der Waals surface area contributed by atoms with Crippen molar-refractivity contribution < 1.29 is 9.59 Å². The maximum atomic E-state index is 12.7. The SMILES string of the molecule is O=C(NC1CCN(C(=O)C2CCCCC2)CC1)NC1CCCN(c2ccccc2)C1. The lowest BCUT2D eigenvalue weighted by molar-refractivity contribution is -0.137. The average Bonchev–Trinajstić information content (AvgIpc) is 2.80. The minimum absolute atomic E-state index is 0.0630. The molecule has 1 atom stereocenters. The van der Waals surface area contributed by atoms with Crippen LogP contribution in [-0.2, 0) is 4.79 Å². The summed E-state index contributed by atoms with van der Waals surface area (Å²) in [5.41, 5.74) is 1.22. The second-order valence-electron chi connectivity index (χ2n) is 9.17. The van der Waals surface area contributed by atoms with Crippen LogP contribution >= 0.6 is 0 Å². The number of nitrogens with zero attached hydrogens (tertiary/aromatic N) is 2. The Hall–Kier alpha value is -2.24. The summed E-state index contributed by atoms with van der Waals surface area (Å²) in [5.74, 6) is 0.589. The maximum absolute atomic E-state index is 12.7. The first-order valence-corrected chi connectivity index (χ1v) is 11.8. The Morgan fingerprint density at radius 2 is 1.47 bits per heavy atom. The molecule has 1 aromatic rings. The molecule has 3 aliphatic rings. The molecule has 164 valence electrons. The van der Waals surface area contributed by atoms with Crippen molar-refractivity contribution >= 4 is 17.6 Å². The zero-order valence-electron chi connectivity index (χ0n) is 18.0. The number of piperidine rings is 2. The van der Waals surface area contributed by atoms with Crippen LogP contribution in [0.3, 0.4) is 0 Å². The Bertz CT molecular complexity index is 696. The molecule has 6 nitrogen and oxygen atoms in total. The van der Waals surface area contributed by atoms with Crippen LogP contribution in [-0.4, -0.2) is 55.1 Å². The molecule has 2 saturated heterocycles. The standard InChI is InChI=1S/C24H36N4O2/c29-23(19-8-3-1-4-9-19)27-16-13-20(14-17-27)25-24(30)26-21-10-7-15-28(18-21)22-11-5-2-6-12-22/h2,5-6,11-12,19-21H,1,3-4,7-10,13-18H2,(H2,25,26,30). The van der Waals surface area contributed by atoms with E-state index in [1.54, 1.807) is 0 Å². The summed E-state index contributed by atoms with van der Waals surface area (Å²) in [5, 5.41) is 6.33. The van der Waals surface area contributed by atoms with E-state index in [4.69, 9.17) is 0 Å². The van der Waals surface area contributed by atoms with Crippen LogP contribution in [0, 0.1) is 5.92 Å². The van der Waals surface area contributed by atoms with Crippen molar-refractivity contribution in [2.45, 2.75) is 69.9 Å². The number of anilines is 1. The second-order valence-corrected chi connectivity index (χ2v) is 9.17. The molecule has 0 aromatic heterocycles. The molecular formula is C24H36N4O2. The molecule has 6 heteroatoms. The molecule has 4 rings (SSSR count). The first-order valence-electron chi connectivity index (χ1n) is 11.8. The summed E-state index contributed by atoms with van der Waals surface area (Å²) in [6.07, 6.45) is 9.58. The Balaban J connectivity index is 1.19. The molecule has 1 unspecified atom stereocenters. The van der Waals surface area contributed by atoms with Crippen LogP contribution in [0.1, 0.15) is 57.8 Å². The fourth-order valence-corrected chi connectivity index (χ4v) is 5.23. The van der Waals surface area contributed by atoms with Crippen molar-refractivity contribution in [3.05, 3.63) is 30.3 Å². The lowest BCUT2D eigenvalue weighted by Gasteiger charge is -2.37.